The number of hydrogen-bond donors (Lipinski definition) is 2. The second-order valence-corrected chi connectivity index (χ2v) is 8.85. The van der Waals surface area contributed by atoms with Gasteiger partial charge >= 0.3 is 6.09 Å². The number of aliphatic hydroxyl groups excluding tert-OH is 1. The van der Waals surface area contributed by atoms with Crippen molar-refractivity contribution in [3.8, 4) is 0 Å². The third-order valence-corrected chi connectivity index (χ3v) is 5.58. The number of nitrogens with one attached hydrogen (secondary N) is 1. The van der Waals surface area contributed by atoms with E-state index in [9.17, 15) is 14.7 Å². The van der Waals surface area contributed by atoms with E-state index in [1.807, 2.05) is 40.7 Å². The van der Waals surface area contributed by atoms with E-state index in [2.05, 4.69) is 5.32 Å². The molecule has 1 aromatic rings. The van der Waals surface area contributed by atoms with Crippen molar-refractivity contribution in [3.63, 3.8) is 0 Å². The minimum absolute atomic E-state index is 0.0320. The van der Waals surface area contributed by atoms with Crippen LogP contribution in [0.25, 0.3) is 0 Å². The first-order valence-electron chi connectivity index (χ1n) is 9.33. The molecular formula is C21H29NO4. The molecule has 0 radical (unpaired) electrons. The van der Waals surface area contributed by atoms with Crippen LogP contribution in [0.5, 0.6) is 0 Å². The molecule has 142 valence electrons. The molecule has 0 heterocycles. The highest BCUT2D eigenvalue weighted by Gasteiger charge is 2.52. The number of aliphatic hydroxyl groups is 1. The summed E-state index contributed by atoms with van der Waals surface area (Å²) in [6, 6.07) is 2.02. The number of alkyl carbamates (subject to hydrolysis) is 1. The number of ether oxygens (including phenoxy) is 1. The summed E-state index contributed by atoms with van der Waals surface area (Å²) in [5.41, 5.74) is 4.19. The van der Waals surface area contributed by atoms with Crippen LogP contribution in [-0.4, -0.2) is 28.6 Å². The van der Waals surface area contributed by atoms with Crippen LogP contribution in [0.1, 0.15) is 67.5 Å². The zero-order valence-electron chi connectivity index (χ0n) is 16.3. The SMILES string of the molecule is Cc1cc(C(O)C2(NC(=O)OC(C)(C)C)CC2)c(C)c2c1CC(C=O)C2. The van der Waals surface area contributed by atoms with Crippen LogP contribution in [0.2, 0.25) is 0 Å². The molecule has 1 saturated carbocycles. The molecule has 0 saturated heterocycles. The fourth-order valence-corrected chi connectivity index (χ4v) is 4.01. The van der Waals surface area contributed by atoms with E-state index in [4.69, 9.17) is 4.74 Å². The number of rotatable bonds is 4. The molecule has 2 atom stereocenters. The van der Waals surface area contributed by atoms with Gasteiger partial charge in [-0.05, 0) is 88.1 Å². The van der Waals surface area contributed by atoms with E-state index in [0.717, 1.165) is 48.7 Å². The van der Waals surface area contributed by atoms with Crippen molar-refractivity contribution in [1.82, 2.24) is 5.32 Å². The van der Waals surface area contributed by atoms with Gasteiger partial charge in [-0.15, -0.1) is 0 Å². The number of aldehydes is 1. The molecule has 0 aliphatic heterocycles. The van der Waals surface area contributed by atoms with E-state index in [0.29, 0.717) is 0 Å². The lowest BCUT2D eigenvalue weighted by Crippen LogP contribution is -2.44. The number of fused-ring (bicyclic) bond motifs is 1. The van der Waals surface area contributed by atoms with Gasteiger partial charge in [0.25, 0.3) is 0 Å². The summed E-state index contributed by atoms with van der Waals surface area (Å²) >= 11 is 0. The molecule has 2 N–H and O–H groups in total. The van der Waals surface area contributed by atoms with Gasteiger partial charge in [-0.25, -0.2) is 4.79 Å². The largest absolute Gasteiger partial charge is 0.444 e. The highest BCUT2D eigenvalue weighted by Crippen LogP contribution is 2.48. The van der Waals surface area contributed by atoms with Crippen molar-refractivity contribution in [1.29, 1.82) is 0 Å². The van der Waals surface area contributed by atoms with Crippen molar-refractivity contribution < 1.29 is 19.4 Å². The van der Waals surface area contributed by atoms with Crippen LogP contribution in [0.3, 0.4) is 0 Å². The van der Waals surface area contributed by atoms with E-state index in [1.165, 1.54) is 11.1 Å². The maximum Gasteiger partial charge on any atom is 0.408 e. The number of carbonyl (C=O) groups excluding carboxylic acids is 2. The Balaban J connectivity index is 1.85. The maximum atomic E-state index is 12.2. The van der Waals surface area contributed by atoms with Gasteiger partial charge in [0.2, 0.25) is 0 Å². The van der Waals surface area contributed by atoms with Gasteiger partial charge in [0, 0.05) is 5.92 Å². The zero-order valence-corrected chi connectivity index (χ0v) is 16.3. The molecule has 0 spiro atoms. The second-order valence-electron chi connectivity index (χ2n) is 8.85. The summed E-state index contributed by atoms with van der Waals surface area (Å²) in [7, 11) is 0. The Hall–Kier alpha value is -1.88. The van der Waals surface area contributed by atoms with Crippen molar-refractivity contribution in [2.24, 2.45) is 5.92 Å². The predicted molar refractivity (Wildman–Crippen MR) is 99.2 cm³/mol. The summed E-state index contributed by atoms with van der Waals surface area (Å²) in [6.07, 6.45) is 2.71. The summed E-state index contributed by atoms with van der Waals surface area (Å²) in [5, 5.41) is 14.0. The quantitative estimate of drug-likeness (QED) is 0.809. The normalized spacial score (nSPS) is 21.7. The average molecular weight is 359 g/mol. The van der Waals surface area contributed by atoms with Gasteiger partial charge < -0.3 is 20.0 Å². The molecule has 26 heavy (non-hydrogen) atoms. The van der Waals surface area contributed by atoms with Gasteiger partial charge in [0.05, 0.1) is 5.54 Å². The molecule has 1 amide bonds. The van der Waals surface area contributed by atoms with Gasteiger partial charge in [0.15, 0.2) is 0 Å². The van der Waals surface area contributed by atoms with Crippen LogP contribution in [0, 0.1) is 19.8 Å². The Morgan fingerprint density at radius 3 is 2.46 bits per heavy atom. The lowest BCUT2D eigenvalue weighted by Gasteiger charge is -2.28. The van der Waals surface area contributed by atoms with E-state index < -0.39 is 23.3 Å². The Morgan fingerprint density at radius 1 is 1.31 bits per heavy atom. The molecule has 3 rings (SSSR count). The molecule has 0 bridgehead atoms. The molecule has 1 fully saturated rings. The Kier molecular flexibility index (Phi) is 4.63. The van der Waals surface area contributed by atoms with Gasteiger partial charge in [-0.2, -0.15) is 0 Å². The van der Waals surface area contributed by atoms with Gasteiger partial charge in [-0.1, -0.05) is 6.07 Å². The molecule has 2 unspecified atom stereocenters. The smallest absolute Gasteiger partial charge is 0.408 e. The van der Waals surface area contributed by atoms with E-state index >= 15 is 0 Å². The van der Waals surface area contributed by atoms with Crippen LogP contribution in [0.4, 0.5) is 4.79 Å². The summed E-state index contributed by atoms with van der Waals surface area (Å²) in [6.45, 7) is 9.50. The lowest BCUT2D eigenvalue weighted by molar-refractivity contribution is -0.110. The Bertz CT molecular complexity index is 743. The summed E-state index contributed by atoms with van der Waals surface area (Å²) < 4.78 is 5.36. The standard InChI is InChI=1S/C21H29NO4/c1-12-8-17(13(2)16-10-14(11-23)9-15(12)16)18(24)21(6-7-21)22-19(25)26-20(3,4)5/h8,11,14,18,24H,6-7,9-10H2,1-5H3,(H,22,25). The second kappa shape index (κ2) is 6.38. The molecular weight excluding hydrogens is 330 g/mol. The first-order chi connectivity index (χ1) is 12.1. The van der Waals surface area contributed by atoms with Crippen LogP contribution in [-0.2, 0) is 22.4 Å². The maximum absolute atomic E-state index is 12.2. The first-order valence-corrected chi connectivity index (χ1v) is 9.33. The number of aryl methyl sites for hydroxylation is 1. The third kappa shape index (κ3) is 3.50. The molecule has 1 aromatic carbocycles. The zero-order chi connectivity index (χ0) is 19.3. The van der Waals surface area contributed by atoms with Crippen LogP contribution >= 0.6 is 0 Å². The highest BCUT2D eigenvalue weighted by atomic mass is 16.6. The predicted octanol–water partition coefficient (Wildman–Crippen LogP) is 3.31. The third-order valence-electron chi connectivity index (χ3n) is 5.58. The molecule has 5 nitrogen and oxygen atoms in total. The Morgan fingerprint density at radius 2 is 1.92 bits per heavy atom. The number of hydrogen-bond acceptors (Lipinski definition) is 4. The average Bonchev–Trinajstić information content (AvgIpc) is 3.16. The number of carbonyl (C=O) groups is 2. The highest BCUT2D eigenvalue weighted by molar-refractivity contribution is 5.70. The molecule has 2 aliphatic carbocycles. The van der Waals surface area contributed by atoms with Gasteiger partial charge in [0.1, 0.15) is 18.0 Å². The number of benzene rings is 1. The molecule has 0 aromatic heterocycles. The lowest BCUT2D eigenvalue weighted by atomic mass is 9.89. The Labute approximate surface area is 155 Å². The molecule has 5 heteroatoms. The van der Waals surface area contributed by atoms with Crippen LogP contribution < -0.4 is 5.32 Å². The van der Waals surface area contributed by atoms with Gasteiger partial charge in [-0.3, -0.25) is 0 Å². The van der Waals surface area contributed by atoms with Crippen molar-refractivity contribution in [2.75, 3.05) is 0 Å². The fraction of sp³-hybridized carbons (Fsp3) is 0.619. The topological polar surface area (TPSA) is 75.6 Å². The van der Waals surface area contributed by atoms with E-state index in [-0.39, 0.29) is 5.92 Å². The summed E-state index contributed by atoms with van der Waals surface area (Å²) in [4.78, 5) is 23.4. The van der Waals surface area contributed by atoms with Crippen molar-refractivity contribution in [2.45, 2.75) is 77.5 Å². The minimum Gasteiger partial charge on any atom is -0.444 e. The fourth-order valence-electron chi connectivity index (χ4n) is 4.01. The monoisotopic (exact) mass is 359 g/mol. The van der Waals surface area contributed by atoms with Crippen LogP contribution in [0.15, 0.2) is 6.07 Å². The first kappa shape index (κ1) is 18.9. The summed E-state index contributed by atoms with van der Waals surface area (Å²) in [5.74, 6) is 0.0320. The van der Waals surface area contributed by atoms with Crippen molar-refractivity contribution in [3.05, 3.63) is 33.9 Å². The van der Waals surface area contributed by atoms with E-state index in [1.54, 1.807) is 0 Å². The van der Waals surface area contributed by atoms with Crippen molar-refractivity contribution >= 4 is 12.4 Å². The number of amides is 1. The molecule has 2 aliphatic rings. The minimum atomic E-state index is -0.783.